The molecule has 0 saturated heterocycles. The lowest BCUT2D eigenvalue weighted by atomic mass is 10.3. The van der Waals surface area contributed by atoms with Crippen LogP contribution in [-0.4, -0.2) is 43.1 Å². The van der Waals surface area contributed by atoms with E-state index in [1.54, 1.807) is 0 Å². The van der Waals surface area contributed by atoms with Crippen molar-refractivity contribution in [3.05, 3.63) is 15.8 Å². The fraction of sp³-hybridized carbons (Fsp3) is 0.545. The second-order valence-corrected chi connectivity index (χ2v) is 7.09. The summed E-state index contributed by atoms with van der Waals surface area (Å²) in [5, 5.41) is 10.3. The Bertz CT molecular complexity index is 622. The number of carboxylic acid groups (broad SMARTS) is 1. The zero-order chi connectivity index (χ0) is 16.4. The van der Waals surface area contributed by atoms with Gasteiger partial charge in [-0.25, -0.2) is 13.2 Å². The molecule has 5 nitrogen and oxygen atoms in total. The van der Waals surface area contributed by atoms with Crippen LogP contribution in [0.2, 0.25) is 0 Å². The average molecular weight is 345 g/mol. The minimum absolute atomic E-state index is 0.126. The summed E-state index contributed by atoms with van der Waals surface area (Å²) >= 11 is 0.678. The molecule has 10 heteroatoms. The Morgan fingerprint density at radius 2 is 2.00 bits per heavy atom. The van der Waals surface area contributed by atoms with Gasteiger partial charge >= 0.3 is 12.1 Å². The van der Waals surface area contributed by atoms with Crippen LogP contribution in [0.1, 0.15) is 28.6 Å². The van der Waals surface area contributed by atoms with E-state index in [0.717, 1.165) is 0 Å². The van der Waals surface area contributed by atoms with Crippen LogP contribution in [0.25, 0.3) is 0 Å². The van der Waals surface area contributed by atoms with Crippen molar-refractivity contribution in [2.45, 2.75) is 31.3 Å². The summed E-state index contributed by atoms with van der Waals surface area (Å²) in [7, 11) is -4.52. The third-order valence-corrected chi connectivity index (χ3v) is 5.79. The first-order chi connectivity index (χ1) is 9.50. The second kappa shape index (κ2) is 6.32. The van der Waals surface area contributed by atoms with Crippen LogP contribution in [0.15, 0.2) is 10.3 Å². The van der Waals surface area contributed by atoms with Gasteiger partial charge in [0, 0.05) is 6.54 Å². The zero-order valence-electron chi connectivity index (χ0n) is 11.3. The Morgan fingerprint density at radius 1 is 1.43 bits per heavy atom. The highest BCUT2D eigenvalue weighted by Gasteiger charge is 2.39. The van der Waals surface area contributed by atoms with E-state index >= 15 is 0 Å². The van der Waals surface area contributed by atoms with E-state index in [4.69, 9.17) is 5.11 Å². The average Bonchev–Trinajstić information content (AvgIpc) is 2.69. The number of sulfonamides is 1. The molecule has 0 aliphatic rings. The summed E-state index contributed by atoms with van der Waals surface area (Å²) in [6.45, 7) is 0.915. The molecule has 0 aliphatic heterocycles. The number of hydrogen-bond acceptors (Lipinski definition) is 4. The lowest BCUT2D eigenvalue weighted by molar-refractivity contribution is -0.136. The topological polar surface area (TPSA) is 74.7 Å². The zero-order valence-corrected chi connectivity index (χ0v) is 12.9. The van der Waals surface area contributed by atoms with Gasteiger partial charge in [-0.05, 0) is 24.3 Å². The van der Waals surface area contributed by atoms with Gasteiger partial charge in [-0.2, -0.15) is 17.5 Å². The van der Waals surface area contributed by atoms with Crippen LogP contribution in [0.3, 0.4) is 0 Å². The molecule has 0 bridgehead atoms. The summed E-state index contributed by atoms with van der Waals surface area (Å²) in [6.07, 6.45) is -4.52. The molecule has 0 unspecified atom stereocenters. The molecule has 0 aromatic carbocycles. The maximum Gasteiger partial charge on any atom is 0.402 e. The Hall–Kier alpha value is -1.13. The monoisotopic (exact) mass is 345 g/mol. The van der Waals surface area contributed by atoms with Gasteiger partial charge in [0.15, 0.2) is 0 Å². The Morgan fingerprint density at radius 3 is 2.43 bits per heavy atom. The van der Waals surface area contributed by atoms with Crippen molar-refractivity contribution in [3.63, 3.8) is 0 Å². The second-order valence-electron chi connectivity index (χ2n) is 4.34. The third kappa shape index (κ3) is 4.17. The van der Waals surface area contributed by atoms with E-state index < -0.39 is 38.5 Å². The summed E-state index contributed by atoms with van der Waals surface area (Å²) < 4.78 is 62.6. The van der Waals surface area contributed by atoms with Crippen LogP contribution >= 0.6 is 11.3 Å². The lowest BCUT2D eigenvalue weighted by Crippen LogP contribution is -2.39. The molecule has 1 aromatic heterocycles. The van der Waals surface area contributed by atoms with Gasteiger partial charge in [0.1, 0.15) is 16.3 Å². The highest BCUT2D eigenvalue weighted by atomic mass is 32.2. The predicted molar refractivity (Wildman–Crippen MR) is 71.1 cm³/mol. The molecule has 1 heterocycles. The first-order valence-electron chi connectivity index (χ1n) is 5.89. The van der Waals surface area contributed by atoms with Gasteiger partial charge in [-0.15, -0.1) is 11.3 Å². The van der Waals surface area contributed by atoms with Crippen molar-refractivity contribution >= 4 is 27.3 Å². The molecule has 0 spiro atoms. The number of rotatable bonds is 6. The highest BCUT2D eigenvalue weighted by Crippen LogP contribution is 2.31. The number of aryl methyl sites for hydroxylation is 1. The highest BCUT2D eigenvalue weighted by molar-refractivity contribution is 7.89. The van der Waals surface area contributed by atoms with Crippen molar-refractivity contribution in [2.75, 3.05) is 13.1 Å². The molecule has 1 rings (SSSR count). The van der Waals surface area contributed by atoms with E-state index in [0.29, 0.717) is 11.3 Å². The number of nitrogens with zero attached hydrogens (tertiary/aromatic N) is 1. The van der Waals surface area contributed by atoms with Crippen molar-refractivity contribution in [1.29, 1.82) is 0 Å². The first-order valence-corrected chi connectivity index (χ1v) is 8.21. The van der Waals surface area contributed by atoms with Gasteiger partial charge in [-0.1, -0.05) is 6.92 Å². The molecule has 21 heavy (non-hydrogen) atoms. The molecule has 1 aromatic rings. The van der Waals surface area contributed by atoms with Crippen molar-refractivity contribution < 1.29 is 31.5 Å². The van der Waals surface area contributed by atoms with Crippen LogP contribution in [0.4, 0.5) is 13.2 Å². The number of alkyl halides is 3. The van der Waals surface area contributed by atoms with Crippen LogP contribution in [0, 0.1) is 6.92 Å². The van der Waals surface area contributed by atoms with E-state index in [1.807, 2.05) is 0 Å². The summed E-state index contributed by atoms with van der Waals surface area (Å²) in [5.74, 6) is -1.48. The molecular formula is C11H14F3NO4S2. The lowest BCUT2D eigenvalue weighted by Gasteiger charge is -2.23. The van der Waals surface area contributed by atoms with Crippen LogP contribution in [-0.2, 0) is 10.0 Å². The normalized spacial score (nSPS) is 12.9. The molecule has 0 amide bonds. The number of hydrogen-bond donors (Lipinski definition) is 1. The number of carboxylic acids is 1. The van der Waals surface area contributed by atoms with Crippen molar-refractivity contribution in [2.24, 2.45) is 0 Å². The maximum atomic E-state index is 12.5. The molecular weight excluding hydrogens is 331 g/mol. The quantitative estimate of drug-likeness (QED) is 0.860. The number of aromatic carboxylic acids is 1. The van der Waals surface area contributed by atoms with Gasteiger partial charge in [-0.3, -0.25) is 0 Å². The molecule has 0 aliphatic carbocycles. The minimum atomic E-state index is -4.70. The molecule has 1 N–H and O–H groups in total. The van der Waals surface area contributed by atoms with Gasteiger partial charge in [0.05, 0.1) is 0 Å². The van der Waals surface area contributed by atoms with Gasteiger partial charge in [0.25, 0.3) is 0 Å². The largest absolute Gasteiger partial charge is 0.477 e. The standard InChI is InChI=1S/C11H14F3NO4S2/c1-3-4-15(6-11(12,13)14)21(18,19)9-7(2)5-20-8(9)10(16)17/h5H,3-4,6H2,1-2H3,(H,16,17). The predicted octanol–water partition coefficient (Wildman–Crippen LogP) is 2.72. The molecule has 0 atom stereocenters. The van der Waals surface area contributed by atoms with E-state index in [9.17, 15) is 26.4 Å². The van der Waals surface area contributed by atoms with E-state index in [-0.39, 0.29) is 22.8 Å². The molecule has 0 radical (unpaired) electrons. The number of carbonyl (C=O) groups is 1. The number of thiophene rings is 1. The fourth-order valence-electron chi connectivity index (χ4n) is 1.76. The Kier molecular flexibility index (Phi) is 5.40. The summed E-state index contributed by atoms with van der Waals surface area (Å²) in [6, 6.07) is 0. The fourth-order valence-corrected chi connectivity index (χ4v) is 4.87. The SMILES string of the molecule is CCCN(CC(F)(F)F)S(=O)(=O)c1c(C)csc1C(=O)O. The molecule has 0 fully saturated rings. The van der Waals surface area contributed by atoms with Gasteiger partial charge in [0.2, 0.25) is 10.0 Å². The van der Waals surface area contributed by atoms with E-state index in [1.165, 1.54) is 19.2 Å². The Labute approximate surface area is 124 Å². The van der Waals surface area contributed by atoms with Crippen LogP contribution in [0.5, 0.6) is 0 Å². The van der Waals surface area contributed by atoms with Crippen molar-refractivity contribution in [3.8, 4) is 0 Å². The first kappa shape index (κ1) is 17.9. The van der Waals surface area contributed by atoms with E-state index in [2.05, 4.69) is 0 Å². The van der Waals surface area contributed by atoms with Gasteiger partial charge < -0.3 is 5.11 Å². The Balaban J connectivity index is 3.36. The van der Waals surface area contributed by atoms with Crippen molar-refractivity contribution in [1.82, 2.24) is 4.31 Å². The number of halogens is 3. The molecule has 120 valence electrons. The minimum Gasteiger partial charge on any atom is -0.477 e. The summed E-state index contributed by atoms with van der Waals surface area (Å²) in [5.41, 5.74) is 0.126. The van der Waals surface area contributed by atoms with Crippen LogP contribution < -0.4 is 0 Å². The molecule has 0 saturated carbocycles. The smallest absolute Gasteiger partial charge is 0.402 e. The third-order valence-electron chi connectivity index (χ3n) is 2.54. The summed E-state index contributed by atoms with van der Waals surface area (Å²) in [4.78, 5) is 10.0. The maximum absolute atomic E-state index is 12.5.